The molecule has 0 aromatic heterocycles. The maximum absolute atomic E-state index is 12.5. The molecule has 0 aromatic carbocycles. The van der Waals surface area contributed by atoms with E-state index < -0.39 is 32.5 Å². The molecular weight excluding hydrogens is 762 g/mol. The predicted octanol–water partition coefficient (Wildman–Crippen LogP) is 13.2. The van der Waals surface area contributed by atoms with Crippen LogP contribution in [-0.4, -0.2) is 49.3 Å². The van der Waals surface area contributed by atoms with Gasteiger partial charge in [0.05, 0.1) is 19.6 Å². The first kappa shape index (κ1) is 55.7. The van der Waals surface area contributed by atoms with Crippen molar-refractivity contribution in [2.45, 2.75) is 161 Å². The van der Waals surface area contributed by atoms with Gasteiger partial charge in [0.2, 0.25) is 0 Å². The molecule has 334 valence electrons. The van der Waals surface area contributed by atoms with E-state index in [2.05, 4.69) is 105 Å². The van der Waals surface area contributed by atoms with E-state index >= 15 is 0 Å². The zero-order valence-electron chi connectivity index (χ0n) is 36.7. The predicted molar refractivity (Wildman–Crippen MR) is 247 cm³/mol. The van der Waals surface area contributed by atoms with Gasteiger partial charge < -0.3 is 20.1 Å². The Kier molecular flexibility index (Phi) is 41.7. The summed E-state index contributed by atoms with van der Waals surface area (Å²) in [6.45, 7) is 3.36. The molecule has 10 heteroatoms. The number of phosphoric acid groups is 1. The fourth-order valence-corrected chi connectivity index (χ4v) is 6.23. The highest BCUT2D eigenvalue weighted by Gasteiger charge is 2.25. The number of esters is 2. The monoisotopic (exact) mass is 842 g/mol. The van der Waals surface area contributed by atoms with E-state index in [1.165, 1.54) is 38.5 Å². The first-order chi connectivity index (χ1) is 28.8. The van der Waals surface area contributed by atoms with Gasteiger partial charge in [-0.2, -0.15) is 0 Å². The SMILES string of the molecule is CC/C=C\C/C=C\C/C=C\C/C=C\C/C=C\CC(=O)OC(COC(=O)CCCCCCCCCCCC/C=C\C/C=C\C/C=C\C/C=C\CC)COP(=O)(O)OCCN. The van der Waals surface area contributed by atoms with Crippen LogP contribution in [0.15, 0.2) is 109 Å². The minimum atomic E-state index is -4.41. The molecule has 0 spiro atoms. The van der Waals surface area contributed by atoms with Crippen LogP contribution in [-0.2, 0) is 32.7 Å². The van der Waals surface area contributed by atoms with Crippen LogP contribution in [0.4, 0.5) is 0 Å². The summed E-state index contributed by atoms with van der Waals surface area (Å²) >= 11 is 0. The maximum Gasteiger partial charge on any atom is 0.472 e. The van der Waals surface area contributed by atoms with E-state index in [9.17, 15) is 19.0 Å². The first-order valence-electron chi connectivity index (χ1n) is 22.4. The molecule has 0 fully saturated rings. The lowest BCUT2D eigenvalue weighted by Crippen LogP contribution is -2.29. The minimum absolute atomic E-state index is 0.00882. The second-order valence-electron chi connectivity index (χ2n) is 14.2. The highest BCUT2D eigenvalue weighted by molar-refractivity contribution is 7.47. The van der Waals surface area contributed by atoms with E-state index in [1.807, 2.05) is 12.2 Å². The highest BCUT2D eigenvalue weighted by Crippen LogP contribution is 2.43. The number of nitrogens with two attached hydrogens (primary N) is 1. The number of ether oxygens (including phenoxy) is 2. The summed E-state index contributed by atoms with van der Waals surface area (Å²) in [4.78, 5) is 34.8. The Balaban J connectivity index is 4.21. The molecule has 0 amide bonds. The number of phosphoric ester groups is 1. The Morgan fingerprint density at radius 1 is 0.525 bits per heavy atom. The van der Waals surface area contributed by atoms with Crippen LogP contribution in [0.5, 0.6) is 0 Å². The van der Waals surface area contributed by atoms with Gasteiger partial charge in [-0.3, -0.25) is 18.6 Å². The summed E-state index contributed by atoms with van der Waals surface area (Å²) in [5.41, 5.74) is 5.34. The topological polar surface area (TPSA) is 134 Å². The van der Waals surface area contributed by atoms with Crippen LogP contribution >= 0.6 is 7.82 Å². The van der Waals surface area contributed by atoms with Gasteiger partial charge in [-0.25, -0.2) is 4.57 Å². The number of allylic oxidation sites excluding steroid dienone is 17. The molecule has 0 saturated heterocycles. The van der Waals surface area contributed by atoms with Gasteiger partial charge in [0.1, 0.15) is 6.61 Å². The smallest absolute Gasteiger partial charge is 0.462 e. The average Bonchev–Trinajstić information content (AvgIpc) is 3.22. The Bertz CT molecular complexity index is 1330. The minimum Gasteiger partial charge on any atom is -0.462 e. The van der Waals surface area contributed by atoms with E-state index in [-0.39, 0.29) is 32.6 Å². The first-order valence-corrected chi connectivity index (χ1v) is 23.9. The number of hydrogen-bond acceptors (Lipinski definition) is 8. The molecule has 0 heterocycles. The number of hydrogen-bond donors (Lipinski definition) is 2. The lowest BCUT2D eigenvalue weighted by atomic mass is 10.1. The maximum atomic E-state index is 12.5. The Hall–Kier alpha value is -3.33. The van der Waals surface area contributed by atoms with Gasteiger partial charge in [0.25, 0.3) is 0 Å². The average molecular weight is 842 g/mol. The molecule has 59 heavy (non-hydrogen) atoms. The normalized spacial score (nSPS) is 14.3. The summed E-state index contributed by atoms with van der Waals surface area (Å²) < 4.78 is 32.7. The zero-order chi connectivity index (χ0) is 43.2. The van der Waals surface area contributed by atoms with E-state index in [1.54, 1.807) is 6.08 Å². The highest BCUT2D eigenvalue weighted by atomic mass is 31.2. The largest absolute Gasteiger partial charge is 0.472 e. The lowest BCUT2D eigenvalue weighted by Gasteiger charge is -2.19. The van der Waals surface area contributed by atoms with Crippen molar-refractivity contribution >= 4 is 19.8 Å². The van der Waals surface area contributed by atoms with Gasteiger partial charge in [0.15, 0.2) is 6.10 Å². The van der Waals surface area contributed by atoms with Crippen molar-refractivity contribution in [3.05, 3.63) is 109 Å². The molecule has 0 saturated carbocycles. The molecule has 2 unspecified atom stereocenters. The number of carbonyl (C=O) groups excluding carboxylic acids is 2. The van der Waals surface area contributed by atoms with Crippen molar-refractivity contribution in [1.29, 1.82) is 0 Å². The van der Waals surface area contributed by atoms with Crippen LogP contribution in [0.2, 0.25) is 0 Å². The Morgan fingerprint density at radius 2 is 0.932 bits per heavy atom. The third-order valence-corrected chi connectivity index (χ3v) is 9.67. The molecular formula is C49H80NO8P. The summed E-state index contributed by atoms with van der Waals surface area (Å²) in [6, 6.07) is 0. The van der Waals surface area contributed by atoms with Crippen LogP contribution in [0.1, 0.15) is 155 Å². The molecule has 0 aliphatic rings. The number of rotatable bonds is 40. The second kappa shape index (κ2) is 44.2. The molecule has 0 bridgehead atoms. The molecule has 0 rings (SSSR count). The van der Waals surface area contributed by atoms with Gasteiger partial charge in [0, 0.05) is 13.0 Å². The van der Waals surface area contributed by atoms with Gasteiger partial charge in [-0.15, -0.1) is 0 Å². The molecule has 9 nitrogen and oxygen atoms in total. The molecule has 3 N–H and O–H groups in total. The molecule has 0 aliphatic carbocycles. The summed E-state index contributed by atoms with van der Waals surface area (Å²) in [6.07, 6.45) is 58.7. The second-order valence-corrected chi connectivity index (χ2v) is 15.6. The van der Waals surface area contributed by atoms with E-state index in [4.69, 9.17) is 24.3 Å². The third-order valence-electron chi connectivity index (χ3n) is 8.69. The van der Waals surface area contributed by atoms with Crippen molar-refractivity contribution in [2.75, 3.05) is 26.4 Å². The van der Waals surface area contributed by atoms with Crippen LogP contribution in [0.25, 0.3) is 0 Å². The molecule has 0 aliphatic heterocycles. The standard InChI is InChI=1S/C49H80NO8P/c1-3-5-7-9-11-13-15-17-19-20-21-22-23-24-25-26-28-29-31-33-35-37-39-41-48(51)55-45-47(46-57-59(53,54)56-44-43-50)58-49(52)42-40-38-36-34-32-30-27-18-16-14-12-10-8-6-4-2/h5-8,11-14,17-19,21-22,27,32,34,38,40,47H,3-4,9-10,15-16,20,23-26,28-31,33,35-37,39,41-46,50H2,1-2H3,(H,53,54)/b7-5-,8-6-,13-11-,14-12-,19-17-,22-21-,27-18-,34-32-,40-38-. The molecule has 0 aromatic rings. The Morgan fingerprint density at radius 3 is 1.39 bits per heavy atom. The third kappa shape index (κ3) is 44.1. The lowest BCUT2D eigenvalue weighted by molar-refractivity contribution is -0.160. The Labute approximate surface area is 359 Å². The summed E-state index contributed by atoms with van der Waals surface area (Å²) in [5, 5.41) is 0. The fraction of sp³-hybridized carbons (Fsp3) is 0.592. The van der Waals surface area contributed by atoms with Gasteiger partial charge in [-0.1, -0.05) is 175 Å². The van der Waals surface area contributed by atoms with Crippen molar-refractivity contribution in [2.24, 2.45) is 5.73 Å². The van der Waals surface area contributed by atoms with Gasteiger partial charge in [-0.05, 0) is 77.0 Å². The van der Waals surface area contributed by atoms with Crippen LogP contribution in [0.3, 0.4) is 0 Å². The van der Waals surface area contributed by atoms with E-state index in [0.29, 0.717) is 12.8 Å². The summed E-state index contributed by atoms with van der Waals surface area (Å²) in [5.74, 6) is -0.991. The van der Waals surface area contributed by atoms with Crippen LogP contribution in [0, 0.1) is 0 Å². The van der Waals surface area contributed by atoms with Gasteiger partial charge >= 0.3 is 19.8 Å². The molecule has 0 radical (unpaired) electrons. The van der Waals surface area contributed by atoms with Crippen molar-refractivity contribution in [1.82, 2.24) is 0 Å². The molecule has 2 atom stereocenters. The fourth-order valence-electron chi connectivity index (χ4n) is 5.46. The number of unbranched alkanes of at least 4 members (excludes halogenated alkanes) is 10. The summed E-state index contributed by atoms with van der Waals surface area (Å²) in [7, 11) is -4.41. The zero-order valence-corrected chi connectivity index (χ0v) is 37.6. The van der Waals surface area contributed by atoms with E-state index in [0.717, 1.165) is 77.0 Å². The number of carbonyl (C=O) groups is 2. The quantitative estimate of drug-likeness (QED) is 0.0267. The van der Waals surface area contributed by atoms with Crippen molar-refractivity contribution < 1.29 is 37.6 Å². The van der Waals surface area contributed by atoms with Crippen LogP contribution < -0.4 is 5.73 Å². The van der Waals surface area contributed by atoms with Crippen molar-refractivity contribution in [3.63, 3.8) is 0 Å². The van der Waals surface area contributed by atoms with Crippen molar-refractivity contribution in [3.8, 4) is 0 Å².